The highest BCUT2D eigenvalue weighted by Crippen LogP contribution is 2.50. The molecule has 3 nitrogen and oxygen atoms in total. The molecule has 0 radical (unpaired) electrons. The Morgan fingerprint density at radius 2 is 1.00 bits per heavy atom. The van der Waals surface area contributed by atoms with Crippen LogP contribution in [0.15, 0.2) is 66.7 Å². The van der Waals surface area contributed by atoms with Crippen molar-refractivity contribution < 1.29 is 0 Å². The standard InChI is InChI=1S/C27H33N3/c1-28(2)23-11-7-21(8-12-23)27(22-9-13-24(14-10-22)29(3)4)18-17-20-19-25(30(5)6)15-16-26(20)27/h7-16,19H,17-18H2,1-6H3. The number of fused-ring (bicyclic) bond motifs is 1. The van der Waals surface area contributed by atoms with Gasteiger partial charge in [-0.1, -0.05) is 30.3 Å². The Kier molecular flexibility index (Phi) is 5.23. The molecule has 0 bridgehead atoms. The first kappa shape index (κ1) is 20.3. The molecule has 3 aromatic rings. The van der Waals surface area contributed by atoms with Crippen LogP contribution < -0.4 is 14.7 Å². The van der Waals surface area contributed by atoms with Crippen LogP contribution in [0.2, 0.25) is 0 Å². The highest BCUT2D eigenvalue weighted by atomic mass is 15.1. The molecule has 0 unspecified atom stereocenters. The quantitative estimate of drug-likeness (QED) is 0.586. The maximum Gasteiger partial charge on any atom is 0.0457 e. The van der Waals surface area contributed by atoms with Crippen molar-refractivity contribution in [3.8, 4) is 0 Å². The van der Waals surface area contributed by atoms with Crippen molar-refractivity contribution >= 4 is 17.1 Å². The third-order valence-corrected chi connectivity index (χ3v) is 6.59. The molecule has 0 aromatic heterocycles. The fourth-order valence-electron chi connectivity index (χ4n) is 4.79. The molecule has 3 heteroatoms. The predicted molar refractivity (Wildman–Crippen MR) is 131 cm³/mol. The van der Waals surface area contributed by atoms with Gasteiger partial charge in [0.05, 0.1) is 0 Å². The van der Waals surface area contributed by atoms with Crippen LogP contribution in [0, 0.1) is 0 Å². The van der Waals surface area contributed by atoms with Crippen molar-refractivity contribution in [2.75, 3.05) is 57.0 Å². The molecular formula is C27H33N3. The monoisotopic (exact) mass is 399 g/mol. The smallest absolute Gasteiger partial charge is 0.0457 e. The van der Waals surface area contributed by atoms with Crippen LogP contribution in [0.1, 0.15) is 28.7 Å². The summed E-state index contributed by atoms with van der Waals surface area (Å²) >= 11 is 0. The molecule has 3 aromatic carbocycles. The molecule has 0 amide bonds. The van der Waals surface area contributed by atoms with Gasteiger partial charge in [0.2, 0.25) is 0 Å². The maximum absolute atomic E-state index is 2.37. The second kappa shape index (κ2) is 7.71. The van der Waals surface area contributed by atoms with Crippen LogP contribution in [0.25, 0.3) is 0 Å². The van der Waals surface area contributed by atoms with Gasteiger partial charge in [-0.2, -0.15) is 0 Å². The summed E-state index contributed by atoms with van der Waals surface area (Å²) in [4.78, 5) is 6.51. The van der Waals surface area contributed by atoms with Gasteiger partial charge in [-0.25, -0.2) is 0 Å². The summed E-state index contributed by atoms with van der Waals surface area (Å²) < 4.78 is 0. The van der Waals surface area contributed by atoms with Crippen molar-refractivity contribution in [3.63, 3.8) is 0 Å². The number of benzene rings is 3. The molecule has 30 heavy (non-hydrogen) atoms. The van der Waals surface area contributed by atoms with Crippen molar-refractivity contribution in [2.45, 2.75) is 18.3 Å². The van der Waals surface area contributed by atoms with E-state index in [0.29, 0.717) is 0 Å². The van der Waals surface area contributed by atoms with Crippen LogP contribution in [0.4, 0.5) is 17.1 Å². The van der Waals surface area contributed by atoms with Gasteiger partial charge < -0.3 is 14.7 Å². The zero-order valence-corrected chi connectivity index (χ0v) is 19.1. The number of anilines is 3. The lowest BCUT2D eigenvalue weighted by Crippen LogP contribution is -2.27. The molecule has 0 spiro atoms. The van der Waals surface area contributed by atoms with Crippen molar-refractivity contribution in [1.29, 1.82) is 0 Å². The first-order valence-electron chi connectivity index (χ1n) is 10.7. The molecule has 0 fully saturated rings. The fourth-order valence-corrected chi connectivity index (χ4v) is 4.79. The lowest BCUT2D eigenvalue weighted by atomic mass is 9.70. The molecular weight excluding hydrogens is 366 g/mol. The molecule has 1 aliphatic carbocycles. The summed E-state index contributed by atoms with van der Waals surface area (Å²) in [5, 5.41) is 0. The Bertz CT molecular complexity index is 963. The topological polar surface area (TPSA) is 9.72 Å². The van der Waals surface area contributed by atoms with Crippen molar-refractivity contribution in [3.05, 3.63) is 89.0 Å². The summed E-state index contributed by atoms with van der Waals surface area (Å²) in [7, 11) is 12.6. The molecule has 0 heterocycles. The van der Waals surface area contributed by atoms with Gasteiger partial charge in [0.1, 0.15) is 0 Å². The SMILES string of the molecule is CN(C)c1ccc(C2(c3ccc(N(C)C)cc3)CCc3cc(N(C)C)ccc32)cc1. The Morgan fingerprint density at radius 1 is 0.567 bits per heavy atom. The highest BCUT2D eigenvalue weighted by molar-refractivity contribution is 5.63. The fraction of sp³-hybridized carbons (Fsp3) is 0.333. The van der Waals surface area contributed by atoms with E-state index in [0.717, 1.165) is 12.8 Å². The van der Waals surface area contributed by atoms with Gasteiger partial charge in [-0.05, 0) is 71.5 Å². The Balaban J connectivity index is 1.89. The second-order valence-corrected chi connectivity index (χ2v) is 9.02. The van der Waals surface area contributed by atoms with E-state index in [-0.39, 0.29) is 5.41 Å². The largest absolute Gasteiger partial charge is 0.378 e. The van der Waals surface area contributed by atoms with E-state index in [2.05, 4.69) is 124 Å². The molecule has 4 rings (SSSR count). The van der Waals surface area contributed by atoms with E-state index in [4.69, 9.17) is 0 Å². The minimum absolute atomic E-state index is 0.101. The minimum Gasteiger partial charge on any atom is -0.378 e. The Labute approximate surface area is 181 Å². The third kappa shape index (κ3) is 3.32. The lowest BCUT2D eigenvalue weighted by Gasteiger charge is -2.33. The predicted octanol–water partition coefficient (Wildman–Crippen LogP) is 5.17. The summed E-state index contributed by atoms with van der Waals surface area (Å²) in [5.41, 5.74) is 9.31. The highest BCUT2D eigenvalue weighted by Gasteiger charge is 2.42. The Morgan fingerprint density at radius 3 is 1.43 bits per heavy atom. The molecule has 0 saturated carbocycles. The van der Waals surface area contributed by atoms with Gasteiger partial charge in [0, 0.05) is 64.8 Å². The lowest BCUT2D eigenvalue weighted by molar-refractivity contribution is 0.610. The van der Waals surface area contributed by atoms with E-state index < -0.39 is 0 Å². The number of aryl methyl sites for hydroxylation is 1. The minimum atomic E-state index is -0.101. The van der Waals surface area contributed by atoms with Crippen LogP contribution in [-0.2, 0) is 11.8 Å². The number of rotatable bonds is 5. The van der Waals surface area contributed by atoms with Crippen LogP contribution >= 0.6 is 0 Å². The first-order chi connectivity index (χ1) is 14.3. The van der Waals surface area contributed by atoms with E-state index in [1.54, 1.807) is 0 Å². The van der Waals surface area contributed by atoms with Crippen LogP contribution in [-0.4, -0.2) is 42.3 Å². The molecule has 0 saturated heterocycles. The van der Waals surface area contributed by atoms with Crippen molar-refractivity contribution in [2.24, 2.45) is 0 Å². The van der Waals surface area contributed by atoms with Gasteiger partial charge in [-0.3, -0.25) is 0 Å². The molecule has 0 aliphatic heterocycles. The average molecular weight is 400 g/mol. The molecule has 0 N–H and O–H groups in total. The number of hydrogen-bond donors (Lipinski definition) is 0. The van der Waals surface area contributed by atoms with Crippen molar-refractivity contribution in [1.82, 2.24) is 0 Å². The summed E-state index contributed by atoms with van der Waals surface area (Å²) in [5.74, 6) is 0. The van der Waals surface area contributed by atoms with Gasteiger partial charge >= 0.3 is 0 Å². The second-order valence-electron chi connectivity index (χ2n) is 9.02. The zero-order valence-electron chi connectivity index (χ0n) is 19.1. The third-order valence-electron chi connectivity index (χ3n) is 6.59. The summed E-state index contributed by atoms with van der Waals surface area (Å²) in [6.07, 6.45) is 2.20. The van der Waals surface area contributed by atoms with E-state index in [9.17, 15) is 0 Å². The van der Waals surface area contributed by atoms with E-state index in [1.165, 1.54) is 39.3 Å². The maximum atomic E-state index is 2.37. The van der Waals surface area contributed by atoms with Crippen LogP contribution in [0.5, 0.6) is 0 Å². The van der Waals surface area contributed by atoms with Gasteiger partial charge in [-0.15, -0.1) is 0 Å². The molecule has 156 valence electrons. The molecule has 0 atom stereocenters. The van der Waals surface area contributed by atoms with E-state index >= 15 is 0 Å². The van der Waals surface area contributed by atoms with Gasteiger partial charge in [0.25, 0.3) is 0 Å². The Hall–Kier alpha value is -2.94. The molecule has 1 aliphatic rings. The van der Waals surface area contributed by atoms with Crippen LogP contribution in [0.3, 0.4) is 0 Å². The number of hydrogen-bond acceptors (Lipinski definition) is 3. The number of nitrogens with zero attached hydrogens (tertiary/aromatic N) is 3. The first-order valence-corrected chi connectivity index (χ1v) is 10.7. The average Bonchev–Trinajstić information content (AvgIpc) is 3.13. The summed E-state index contributed by atoms with van der Waals surface area (Å²) in [6, 6.07) is 25.3. The van der Waals surface area contributed by atoms with Gasteiger partial charge in [0.15, 0.2) is 0 Å². The summed E-state index contributed by atoms with van der Waals surface area (Å²) in [6.45, 7) is 0. The normalized spacial score (nSPS) is 14.3. The van der Waals surface area contributed by atoms with E-state index in [1.807, 2.05) is 0 Å². The zero-order chi connectivity index (χ0) is 21.5.